The molecule has 0 heterocycles. The molecule has 0 aliphatic heterocycles. The molecular formula is C6H7Fe2N6Na. The van der Waals surface area contributed by atoms with Crippen LogP contribution >= 0.6 is 0 Å². The van der Waals surface area contributed by atoms with E-state index in [1.807, 2.05) is 0 Å². The third kappa shape index (κ3) is 1500. The van der Waals surface area contributed by atoms with Gasteiger partial charge in [0.2, 0.25) is 0 Å². The van der Waals surface area contributed by atoms with Gasteiger partial charge in [-0.05, 0) is 0 Å². The van der Waals surface area contributed by atoms with Gasteiger partial charge in [-0.2, -0.15) is 0 Å². The van der Waals surface area contributed by atoms with Crippen molar-refractivity contribution in [1.29, 1.82) is 31.6 Å². The van der Waals surface area contributed by atoms with E-state index in [4.69, 9.17) is 31.6 Å². The third-order valence-corrected chi connectivity index (χ3v) is 0. The Morgan fingerprint density at radius 2 is 0.400 bits per heavy atom. The molecule has 6 nitrogen and oxygen atoms in total. The topological polar surface area (TPSA) is 143 Å². The van der Waals surface area contributed by atoms with Crippen LogP contribution in [0.2, 0.25) is 0 Å². The number of nitrogens with zero attached hydrogens (tertiary/aromatic N) is 6. The van der Waals surface area contributed by atoms with Crippen molar-refractivity contribution in [3.8, 4) is 39.4 Å². The molecule has 0 saturated carbocycles. The van der Waals surface area contributed by atoms with E-state index < -0.39 is 0 Å². The van der Waals surface area contributed by atoms with Crippen LogP contribution < -0.4 is 29.6 Å². The van der Waals surface area contributed by atoms with Gasteiger partial charge in [0.25, 0.3) is 0 Å². The smallest absolute Gasteiger partial charge is 1.00 e. The van der Waals surface area contributed by atoms with E-state index >= 15 is 0 Å². The van der Waals surface area contributed by atoms with Crippen LogP contribution in [0.4, 0.5) is 0 Å². The zero-order valence-corrected chi connectivity index (χ0v) is 12.1. The normalized spacial score (nSPS) is 0.800. The van der Waals surface area contributed by atoms with E-state index in [2.05, 4.69) is 39.4 Å². The monoisotopic (exact) mass is 298 g/mol. The van der Waals surface area contributed by atoms with Gasteiger partial charge in [0.05, 0.1) is 0 Å². The molecule has 0 spiro atoms. The van der Waals surface area contributed by atoms with Crippen molar-refractivity contribution < 1.29 is 65.1 Å². The Morgan fingerprint density at radius 3 is 0.400 bits per heavy atom. The van der Waals surface area contributed by atoms with E-state index in [0.29, 0.717) is 0 Å². The molecule has 0 aromatic heterocycles. The first-order valence-corrected chi connectivity index (χ1v) is 1.55. The van der Waals surface area contributed by atoms with Crippen molar-refractivity contribution in [2.75, 3.05) is 0 Å². The van der Waals surface area contributed by atoms with Crippen molar-refractivity contribution >= 4 is 0 Å². The summed E-state index contributed by atoms with van der Waals surface area (Å²) < 4.78 is 0. The molecule has 0 atom stereocenters. The Bertz CT molecular complexity index is 106. The Labute approximate surface area is 135 Å². The summed E-state index contributed by atoms with van der Waals surface area (Å²) in [6.45, 7) is 21.0. The fourth-order valence-electron chi connectivity index (χ4n) is 0. The summed E-state index contributed by atoms with van der Waals surface area (Å²) in [5, 5.41) is 39.0. The molecule has 78 valence electrons. The maximum absolute atomic E-state index is 6.50. The Morgan fingerprint density at radius 1 is 0.400 bits per heavy atom. The molecule has 0 bridgehead atoms. The fraction of sp³-hybridized carbons (Fsp3) is 0. The number of hydrogen-bond donors (Lipinski definition) is 0. The Hall–Kier alpha value is -1.02. The first kappa shape index (κ1) is 95.0. The average Bonchev–Trinajstić information content (AvgIpc) is 2.33. The molecular weight excluding hydrogens is 291 g/mol. The van der Waals surface area contributed by atoms with E-state index in [1.165, 1.54) is 0 Å². The zero-order chi connectivity index (χ0) is 12.0. The van der Waals surface area contributed by atoms with E-state index in [0.717, 1.165) is 0 Å². The summed E-state index contributed by atoms with van der Waals surface area (Å²) in [7, 11) is 0. The van der Waals surface area contributed by atoms with Gasteiger partial charge in [0, 0.05) is 73.6 Å². The summed E-state index contributed by atoms with van der Waals surface area (Å²) in [6, 6.07) is 0. The molecule has 0 aromatic carbocycles. The summed E-state index contributed by atoms with van der Waals surface area (Å²) in [6.07, 6.45) is 0. The molecule has 9 heteroatoms. The van der Waals surface area contributed by atoms with Gasteiger partial charge in [0.15, 0.2) is 0 Å². The molecule has 0 aliphatic carbocycles. The van der Waals surface area contributed by atoms with E-state index in [9.17, 15) is 0 Å². The second-order valence-corrected chi connectivity index (χ2v) is 0. The minimum absolute atomic E-state index is 0. The zero-order valence-electron chi connectivity index (χ0n) is 8.85. The maximum Gasteiger partial charge on any atom is 1.00 e. The minimum Gasteiger partial charge on any atom is -1.00 e. The van der Waals surface area contributed by atoms with Gasteiger partial charge in [-0.15, -0.1) is 0 Å². The van der Waals surface area contributed by atoms with Gasteiger partial charge >= 0.3 is 29.6 Å². The standard InChI is InChI=1S/6CHN.2Fe.Na.H/c6*1-2;;;;/h6*1H;;;;/q;;;;;;;;+1;-1. The maximum atomic E-state index is 6.50. The average molecular weight is 298 g/mol. The SMILES string of the molecule is C#N.C#N.C#N.C#N.C#N.C#N.[Fe].[Fe].[H-].[Na+]. The van der Waals surface area contributed by atoms with Crippen LogP contribution in [-0.2, 0) is 34.1 Å². The van der Waals surface area contributed by atoms with Crippen LogP contribution in [0.25, 0.3) is 0 Å². The van der Waals surface area contributed by atoms with E-state index in [1.54, 1.807) is 0 Å². The quantitative estimate of drug-likeness (QED) is 0.471. The molecule has 0 radical (unpaired) electrons. The van der Waals surface area contributed by atoms with Gasteiger partial charge < -0.3 is 1.43 Å². The minimum atomic E-state index is 0. The second kappa shape index (κ2) is 1790. The van der Waals surface area contributed by atoms with Crippen LogP contribution in [0.5, 0.6) is 0 Å². The Kier molecular flexibility index (Phi) is 11300. The third-order valence-electron chi connectivity index (χ3n) is 0. The van der Waals surface area contributed by atoms with Crippen molar-refractivity contribution in [2.45, 2.75) is 0 Å². The molecule has 0 aliphatic rings. The molecule has 0 saturated heterocycles. The van der Waals surface area contributed by atoms with Crippen molar-refractivity contribution in [1.82, 2.24) is 0 Å². The van der Waals surface area contributed by atoms with Gasteiger partial charge in [-0.3, -0.25) is 0 Å². The summed E-state index contributed by atoms with van der Waals surface area (Å²) in [5.74, 6) is 0. The molecule has 0 rings (SSSR count). The predicted octanol–water partition coefficient (Wildman–Crippen LogP) is -2.05. The molecule has 0 unspecified atom stereocenters. The molecule has 15 heavy (non-hydrogen) atoms. The van der Waals surface area contributed by atoms with Crippen molar-refractivity contribution in [3.63, 3.8) is 0 Å². The number of rotatable bonds is 0. The Balaban J connectivity index is -0.00000000321. The summed E-state index contributed by atoms with van der Waals surface area (Å²) >= 11 is 0. The molecule has 0 N–H and O–H groups in total. The summed E-state index contributed by atoms with van der Waals surface area (Å²) in [4.78, 5) is 0. The van der Waals surface area contributed by atoms with Crippen molar-refractivity contribution in [3.05, 3.63) is 0 Å². The fourth-order valence-corrected chi connectivity index (χ4v) is 0. The van der Waals surface area contributed by atoms with E-state index in [-0.39, 0.29) is 65.1 Å². The van der Waals surface area contributed by atoms with Crippen LogP contribution in [0, 0.1) is 71.0 Å². The largest absolute Gasteiger partial charge is 1.00 e. The van der Waals surface area contributed by atoms with Gasteiger partial charge in [-0.25, -0.2) is 31.6 Å². The van der Waals surface area contributed by atoms with Crippen molar-refractivity contribution in [2.24, 2.45) is 0 Å². The van der Waals surface area contributed by atoms with Crippen LogP contribution in [0.3, 0.4) is 0 Å². The summed E-state index contributed by atoms with van der Waals surface area (Å²) in [5.41, 5.74) is 0. The molecule has 0 amide bonds. The van der Waals surface area contributed by atoms with Crippen LogP contribution in [0.1, 0.15) is 1.43 Å². The van der Waals surface area contributed by atoms with Crippen LogP contribution in [0.15, 0.2) is 0 Å². The molecule has 0 aromatic rings. The van der Waals surface area contributed by atoms with Gasteiger partial charge in [0.1, 0.15) is 0 Å². The predicted molar refractivity (Wildman–Crippen MR) is 41.1 cm³/mol. The van der Waals surface area contributed by atoms with Crippen LogP contribution in [-0.4, -0.2) is 0 Å². The first-order valence-electron chi connectivity index (χ1n) is 1.55. The second-order valence-electron chi connectivity index (χ2n) is 0. The molecule has 0 fully saturated rings. The number of hydrogen-bond acceptors (Lipinski definition) is 6. The van der Waals surface area contributed by atoms with Gasteiger partial charge in [-0.1, -0.05) is 0 Å². The first-order chi connectivity index (χ1) is 6.00. The number of nitriles is 6.